The first-order chi connectivity index (χ1) is 10.6. The van der Waals surface area contributed by atoms with Crippen molar-refractivity contribution in [3.05, 3.63) is 35.4 Å². The minimum atomic E-state index is -1.07. The fraction of sp³-hybridized carbons (Fsp3) is 0.529. The highest BCUT2D eigenvalue weighted by atomic mass is 16.3. The maximum absolute atomic E-state index is 11.9. The molecule has 0 radical (unpaired) electrons. The molecule has 0 spiro atoms. The minimum absolute atomic E-state index is 0.0704. The van der Waals surface area contributed by atoms with Crippen LogP contribution in [0.3, 0.4) is 0 Å². The van der Waals surface area contributed by atoms with E-state index in [0.29, 0.717) is 6.42 Å². The van der Waals surface area contributed by atoms with Gasteiger partial charge in [0, 0.05) is 6.04 Å². The molecule has 0 heterocycles. The largest absolute Gasteiger partial charge is 0.383 e. The fourth-order valence-electron chi connectivity index (χ4n) is 3.48. The summed E-state index contributed by atoms with van der Waals surface area (Å²) in [6, 6.07) is 7.81. The molecule has 3 rings (SSSR count). The molecule has 118 valence electrons. The Kier molecular flexibility index (Phi) is 4.16. The number of aryl methyl sites for hydroxylation is 1. The number of carbonyl (C=O) groups excluding carboxylic acids is 2. The van der Waals surface area contributed by atoms with Gasteiger partial charge in [0.05, 0.1) is 6.54 Å². The summed E-state index contributed by atoms with van der Waals surface area (Å²) in [7, 11) is 0. The zero-order valence-electron chi connectivity index (χ0n) is 12.6. The first-order valence-electron chi connectivity index (χ1n) is 7.98. The van der Waals surface area contributed by atoms with Crippen LogP contribution in [0.5, 0.6) is 0 Å². The summed E-state index contributed by atoms with van der Waals surface area (Å²) in [5, 5.41) is 16.0. The molecule has 1 aromatic carbocycles. The van der Waals surface area contributed by atoms with Crippen molar-refractivity contribution in [3.63, 3.8) is 0 Å². The molecule has 0 aliphatic heterocycles. The highest BCUT2D eigenvalue weighted by Crippen LogP contribution is 2.36. The van der Waals surface area contributed by atoms with Crippen molar-refractivity contribution in [2.75, 3.05) is 6.54 Å². The fourth-order valence-corrected chi connectivity index (χ4v) is 3.48. The first-order valence-corrected chi connectivity index (χ1v) is 7.98. The van der Waals surface area contributed by atoms with Gasteiger partial charge in [-0.2, -0.15) is 0 Å². The molecule has 2 aliphatic carbocycles. The van der Waals surface area contributed by atoms with E-state index in [-0.39, 0.29) is 12.6 Å². The van der Waals surface area contributed by atoms with Crippen LogP contribution in [0, 0.1) is 0 Å². The quantitative estimate of drug-likeness (QED) is 0.729. The molecule has 1 fully saturated rings. The number of hydrogen-bond acceptors (Lipinski definition) is 3. The van der Waals surface area contributed by atoms with Crippen LogP contribution >= 0.6 is 0 Å². The molecule has 22 heavy (non-hydrogen) atoms. The second-order valence-corrected chi connectivity index (χ2v) is 6.33. The zero-order chi connectivity index (χ0) is 15.6. The van der Waals surface area contributed by atoms with Crippen LogP contribution < -0.4 is 10.6 Å². The summed E-state index contributed by atoms with van der Waals surface area (Å²) >= 11 is 0. The highest BCUT2D eigenvalue weighted by Gasteiger charge is 2.37. The molecule has 0 saturated heterocycles. The summed E-state index contributed by atoms with van der Waals surface area (Å²) < 4.78 is 0. The SMILES string of the molecule is O=C(NCC1(O)CCc2ccccc21)C(=O)NC1CCCC1. The zero-order valence-corrected chi connectivity index (χ0v) is 12.6. The van der Waals surface area contributed by atoms with E-state index in [2.05, 4.69) is 10.6 Å². The Balaban J connectivity index is 1.56. The summed E-state index contributed by atoms with van der Waals surface area (Å²) in [6.45, 7) is 0.0704. The van der Waals surface area contributed by atoms with Crippen LogP contribution in [0.25, 0.3) is 0 Å². The van der Waals surface area contributed by atoms with E-state index in [1.54, 1.807) is 0 Å². The second-order valence-electron chi connectivity index (χ2n) is 6.33. The number of nitrogens with one attached hydrogen (secondary N) is 2. The van der Waals surface area contributed by atoms with Crippen molar-refractivity contribution in [2.24, 2.45) is 0 Å². The van der Waals surface area contributed by atoms with Gasteiger partial charge in [-0.1, -0.05) is 37.1 Å². The molecule has 1 unspecified atom stereocenters. The van der Waals surface area contributed by atoms with Gasteiger partial charge in [0.15, 0.2) is 0 Å². The number of carbonyl (C=O) groups is 2. The van der Waals surface area contributed by atoms with E-state index in [1.165, 1.54) is 0 Å². The molecule has 1 aromatic rings. The Morgan fingerprint density at radius 1 is 1.18 bits per heavy atom. The van der Waals surface area contributed by atoms with Gasteiger partial charge in [-0.25, -0.2) is 0 Å². The number of rotatable bonds is 3. The molecule has 2 aliphatic rings. The van der Waals surface area contributed by atoms with Crippen LogP contribution in [-0.2, 0) is 21.6 Å². The van der Waals surface area contributed by atoms with Gasteiger partial charge >= 0.3 is 11.8 Å². The lowest BCUT2D eigenvalue weighted by Crippen LogP contribution is -2.47. The Morgan fingerprint density at radius 2 is 1.91 bits per heavy atom. The molecule has 3 N–H and O–H groups in total. The van der Waals surface area contributed by atoms with E-state index >= 15 is 0 Å². The molecule has 1 saturated carbocycles. The molecule has 5 heteroatoms. The lowest BCUT2D eigenvalue weighted by Gasteiger charge is -2.24. The molecule has 0 aromatic heterocycles. The second kappa shape index (κ2) is 6.08. The third-order valence-corrected chi connectivity index (χ3v) is 4.76. The predicted molar refractivity (Wildman–Crippen MR) is 82.1 cm³/mol. The van der Waals surface area contributed by atoms with Crippen molar-refractivity contribution in [3.8, 4) is 0 Å². The monoisotopic (exact) mass is 302 g/mol. The number of fused-ring (bicyclic) bond motifs is 1. The van der Waals surface area contributed by atoms with Crippen LogP contribution in [-0.4, -0.2) is 29.5 Å². The van der Waals surface area contributed by atoms with Crippen LogP contribution in [0.1, 0.15) is 43.2 Å². The summed E-state index contributed by atoms with van der Waals surface area (Å²) in [4.78, 5) is 23.8. The van der Waals surface area contributed by atoms with Crippen LogP contribution in [0.15, 0.2) is 24.3 Å². The van der Waals surface area contributed by atoms with Crippen molar-refractivity contribution >= 4 is 11.8 Å². The standard InChI is InChI=1S/C17H22N2O3/c20-15(16(21)19-13-6-2-3-7-13)18-11-17(22)10-9-12-5-1-4-8-14(12)17/h1,4-5,8,13,22H,2-3,6-7,9-11H2,(H,18,20)(H,19,21). The third-order valence-electron chi connectivity index (χ3n) is 4.76. The summed E-state index contributed by atoms with van der Waals surface area (Å²) in [5.41, 5.74) is 0.890. The Labute approximate surface area is 130 Å². The van der Waals surface area contributed by atoms with E-state index in [1.807, 2.05) is 24.3 Å². The number of benzene rings is 1. The third kappa shape index (κ3) is 2.99. The van der Waals surface area contributed by atoms with Gasteiger partial charge in [0.1, 0.15) is 5.60 Å². The lowest BCUT2D eigenvalue weighted by molar-refractivity contribution is -0.140. The van der Waals surface area contributed by atoms with Crippen molar-refractivity contribution in [1.29, 1.82) is 0 Å². The number of aliphatic hydroxyl groups is 1. The van der Waals surface area contributed by atoms with E-state index < -0.39 is 17.4 Å². The predicted octanol–water partition coefficient (Wildman–Crippen LogP) is 0.995. The summed E-state index contributed by atoms with van der Waals surface area (Å²) in [5.74, 6) is -1.26. The molecular weight excluding hydrogens is 280 g/mol. The van der Waals surface area contributed by atoms with E-state index in [0.717, 1.165) is 43.2 Å². The maximum Gasteiger partial charge on any atom is 0.309 e. The Morgan fingerprint density at radius 3 is 2.68 bits per heavy atom. The highest BCUT2D eigenvalue weighted by molar-refractivity contribution is 6.35. The molecule has 0 bridgehead atoms. The number of hydrogen-bond donors (Lipinski definition) is 3. The van der Waals surface area contributed by atoms with Crippen molar-refractivity contribution in [1.82, 2.24) is 10.6 Å². The first kappa shape index (κ1) is 15.0. The maximum atomic E-state index is 11.9. The van der Waals surface area contributed by atoms with E-state index in [9.17, 15) is 14.7 Å². The van der Waals surface area contributed by atoms with Gasteiger partial charge in [-0.3, -0.25) is 9.59 Å². The summed E-state index contributed by atoms with van der Waals surface area (Å²) in [6.07, 6.45) is 5.44. The van der Waals surface area contributed by atoms with E-state index in [4.69, 9.17) is 0 Å². The van der Waals surface area contributed by atoms with Crippen LogP contribution in [0.4, 0.5) is 0 Å². The molecule has 1 atom stereocenters. The van der Waals surface area contributed by atoms with Crippen molar-refractivity contribution in [2.45, 2.75) is 50.2 Å². The van der Waals surface area contributed by atoms with Gasteiger partial charge in [0.2, 0.25) is 0 Å². The topological polar surface area (TPSA) is 78.4 Å². The Hall–Kier alpha value is -1.88. The van der Waals surface area contributed by atoms with Gasteiger partial charge < -0.3 is 15.7 Å². The molecular formula is C17H22N2O3. The smallest absolute Gasteiger partial charge is 0.309 e. The van der Waals surface area contributed by atoms with Gasteiger partial charge in [-0.15, -0.1) is 0 Å². The average molecular weight is 302 g/mol. The minimum Gasteiger partial charge on any atom is -0.383 e. The normalized spacial score (nSPS) is 24.0. The molecule has 2 amide bonds. The Bertz CT molecular complexity index is 581. The molecule has 5 nitrogen and oxygen atoms in total. The average Bonchev–Trinajstić information content (AvgIpc) is 3.14. The van der Waals surface area contributed by atoms with Gasteiger partial charge in [0.25, 0.3) is 0 Å². The lowest BCUT2D eigenvalue weighted by atomic mass is 9.96. The number of amides is 2. The van der Waals surface area contributed by atoms with Crippen molar-refractivity contribution < 1.29 is 14.7 Å². The van der Waals surface area contributed by atoms with Gasteiger partial charge in [-0.05, 0) is 36.8 Å². The van der Waals surface area contributed by atoms with Crippen LogP contribution in [0.2, 0.25) is 0 Å².